The van der Waals surface area contributed by atoms with Gasteiger partial charge in [0.1, 0.15) is 11.1 Å². The van der Waals surface area contributed by atoms with Crippen LogP contribution in [0.25, 0.3) is 6.08 Å². The van der Waals surface area contributed by atoms with Gasteiger partial charge < -0.3 is 5.32 Å². The second-order valence-electron chi connectivity index (χ2n) is 9.27. The molecule has 0 spiro atoms. The van der Waals surface area contributed by atoms with Gasteiger partial charge in [-0.05, 0) is 59.3 Å². The SMILES string of the molecule is CC(C)c1ccc(/C=C/C(=O)Nc2sc3c(c2C#N)CCC(C(C)(C)C)C3)cc1. The first-order valence-corrected chi connectivity index (χ1v) is 11.1. The van der Waals surface area contributed by atoms with Gasteiger partial charge in [0.05, 0.1) is 5.56 Å². The Kier molecular flexibility index (Phi) is 6.29. The van der Waals surface area contributed by atoms with Gasteiger partial charge in [-0.1, -0.05) is 58.9 Å². The van der Waals surface area contributed by atoms with Crippen molar-refractivity contribution in [3.63, 3.8) is 0 Å². The van der Waals surface area contributed by atoms with Crippen LogP contribution < -0.4 is 5.32 Å². The third-order valence-electron chi connectivity index (χ3n) is 5.87. The highest BCUT2D eigenvalue weighted by molar-refractivity contribution is 7.16. The molecule has 1 unspecified atom stereocenters. The average molecular weight is 407 g/mol. The lowest BCUT2D eigenvalue weighted by molar-refractivity contribution is -0.111. The Morgan fingerprint density at radius 3 is 2.55 bits per heavy atom. The molecule has 1 N–H and O–H groups in total. The van der Waals surface area contributed by atoms with Gasteiger partial charge >= 0.3 is 0 Å². The van der Waals surface area contributed by atoms with Crippen molar-refractivity contribution in [2.24, 2.45) is 11.3 Å². The lowest BCUT2D eigenvalue weighted by Gasteiger charge is -2.33. The number of nitriles is 1. The standard InChI is InChI=1S/C25H30N2OS/c1-16(2)18-9-6-17(7-10-18)8-13-23(28)27-24-21(15-26)20-12-11-19(25(3,4)5)14-22(20)29-24/h6-10,13,16,19H,11-12,14H2,1-5H3,(H,27,28)/b13-8+. The molecule has 0 aliphatic heterocycles. The second kappa shape index (κ2) is 8.55. The van der Waals surface area contributed by atoms with Gasteiger partial charge in [0.15, 0.2) is 0 Å². The zero-order chi connectivity index (χ0) is 21.2. The van der Waals surface area contributed by atoms with Crippen LogP contribution in [0.4, 0.5) is 5.00 Å². The summed E-state index contributed by atoms with van der Waals surface area (Å²) in [6.07, 6.45) is 6.37. The molecule has 1 atom stereocenters. The van der Waals surface area contributed by atoms with Crippen molar-refractivity contribution in [3.8, 4) is 6.07 Å². The molecule has 1 aromatic carbocycles. The molecule has 1 aliphatic carbocycles. The fraction of sp³-hybridized carbons (Fsp3) is 0.440. The van der Waals surface area contributed by atoms with Crippen LogP contribution in [0.1, 0.15) is 74.1 Å². The maximum absolute atomic E-state index is 12.5. The van der Waals surface area contributed by atoms with Crippen molar-refractivity contribution < 1.29 is 4.79 Å². The molecular weight excluding hydrogens is 376 g/mol. The number of nitrogens with one attached hydrogen (secondary N) is 1. The molecule has 2 aromatic rings. The summed E-state index contributed by atoms with van der Waals surface area (Å²) in [4.78, 5) is 13.7. The summed E-state index contributed by atoms with van der Waals surface area (Å²) in [5, 5.41) is 13.3. The van der Waals surface area contributed by atoms with E-state index in [1.54, 1.807) is 17.4 Å². The zero-order valence-electron chi connectivity index (χ0n) is 18.0. The minimum atomic E-state index is -0.194. The molecule has 0 saturated carbocycles. The van der Waals surface area contributed by atoms with E-state index in [4.69, 9.17) is 0 Å². The van der Waals surface area contributed by atoms with Crippen LogP contribution in [0.5, 0.6) is 0 Å². The minimum absolute atomic E-state index is 0.194. The molecule has 4 heteroatoms. The predicted molar refractivity (Wildman–Crippen MR) is 122 cm³/mol. The Bertz CT molecular complexity index is 952. The molecule has 1 amide bonds. The summed E-state index contributed by atoms with van der Waals surface area (Å²) in [7, 11) is 0. The number of fused-ring (bicyclic) bond motifs is 1. The number of hydrogen-bond donors (Lipinski definition) is 1. The maximum Gasteiger partial charge on any atom is 0.249 e. The Hall–Kier alpha value is -2.38. The molecule has 0 radical (unpaired) electrons. The summed E-state index contributed by atoms with van der Waals surface area (Å²) in [5.74, 6) is 0.904. The Morgan fingerprint density at radius 1 is 1.28 bits per heavy atom. The summed E-state index contributed by atoms with van der Waals surface area (Å²) >= 11 is 1.57. The van der Waals surface area contributed by atoms with Crippen molar-refractivity contribution in [1.29, 1.82) is 5.26 Å². The van der Waals surface area contributed by atoms with E-state index in [-0.39, 0.29) is 11.3 Å². The van der Waals surface area contributed by atoms with E-state index >= 15 is 0 Å². The van der Waals surface area contributed by atoms with Crippen molar-refractivity contribution in [2.75, 3.05) is 5.32 Å². The normalized spacial score (nSPS) is 16.7. The molecule has 1 heterocycles. The van der Waals surface area contributed by atoms with E-state index < -0.39 is 0 Å². The Morgan fingerprint density at radius 2 is 1.97 bits per heavy atom. The Labute approximate surface area is 178 Å². The van der Waals surface area contributed by atoms with Crippen LogP contribution in [0, 0.1) is 22.7 Å². The first-order chi connectivity index (χ1) is 13.7. The van der Waals surface area contributed by atoms with Gasteiger partial charge in [-0.3, -0.25) is 4.79 Å². The number of benzene rings is 1. The lowest BCUT2D eigenvalue weighted by atomic mass is 9.72. The fourth-order valence-corrected chi connectivity index (χ4v) is 5.13. The highest BCUT2D eigenvalue weighted by atomic mass is 32.1. The molecule has 29 heavy (non-hydrogen) atoms. The van der Waals surface area contributed by atoms with Crippen molar-refractivity contribution in [2.45, 2.75) is 59.8 Å². The van der Waals surface area contributed by atoms with Crippen LogP contribution >= 0.6 is 11.3 Å². The maximum atomic E-state index is 12.5. The monoisotopic (exact) mass is 406 g/mol. The number of nitrogens with zero attached hydrogens (tertiary/aromatic N) is 1. The fourth-order valence-electron chi connectivity index (χ4n) is 3.85. The molecule has 152 valence electrons. The molecule has 0 bridgehead atoms. The van der Waals surface area contributed by atoms with Crippen LogP contribution in [-0.4, -0.2) is 5.91 Å². The summed E-state index contributed by atoms with van der Waals surface area (Å²) < 4.78 is 0. The quantitative estimate of drug-likeness (QED) is 0.586. The zero-order valence-corrected chi connectivity index (χ0v) is 18.8. The summed E-state index contributed by atoms with van der Waals surface area (Å²) in [5.41, 5.74) is 4.32. The number of hydrogen-bond acceptors (Lipinski definition) is 3. The van der Waals surface area contributed by atoms with Crippen molar-refractivity contribution >= 4 is 28.3 Å². The van der Waals surface area contributed by atoms with Gasteiger partial charge in [0, 0.05) is 11.0 Å². The van der Waals surface area contributed by atoms with Gasteiger partial charge in [-0.15, -0.1) is 11.3 Å². The van der Waals surface area contributed by atoms with Crippen molar-refractivity contribution in [3.05, 3.63) is 57.5 Å². The predicted octanol–water partition coefficient (Wildman–Crippen LogP) is 6.55. The number of thiophene rings is 1. The topological polar surface area (TPSA) is 52.9 Å². The molecule has 3 rings (SSSR count). The number of amides is 1. The largest absolute Gasteiger partial charge is 0.313 e. The third-order valence-corrected chi connectivity index (χ3v) is 7.04. The number of carbonyl (C=O) groups is 1. The van der Waals surface area contributed by atoms with Crippen molar-refractivity contribution in [1.82, 2.24) is 0 Å². The van der Waals surface area contributed by atoms with E-state index in [1.165, 1.54) is 10.4 Å². The van der Waals surface area contributed by atoms with E-state index in [0.29, 0.717) is 22.4 Å². The minimum Gasteiger partial charge on any atom is -0.313 e. The van der Waals surface area contributed by atoms with E-state index in [1.807, 2.05) is 18.2 Å². The van der Waals surface area contributed by atoms with Gasteiger partial charge in [0.2, 0.25) is 5.91 Å². The first-order valence-electron chi connectivity index (χ1n) is 10.3. The van der Waals surface area contributed by atoms with Gasteiger partial charge in [-0.25, -0.2) is 0 Å². The average Bonchev–Trinajstić information content (AvgIpc) is 3.02. The molecule has 1 aliphatic rings. The molecule has 0 saturated heterocycles. The lowest BCUT2D eigenvalue weighted by Crippen LogP contribution is -2.26. The number of carbonyl (C=O) groups excluding carboxylic acids is 1. The van der Waals surface area contributed by atoms with Crippen LogP contribution in [0.15, 0.2) is 30.3 Å². The smallest absolute Gasteiger partial charge is 0.249 e. The molecule has 0 fully saturated rings. The molecular formula is C25H30N2OS. The van der Waals surface area contributed by atoms with Gasteiger partial charge in [0.25, 0.3) is 0 Å². The highest BCUT2D eigenvalue weighted by Gasteiger charge is 2.32. The van der Waals surface area contributed by atoms with E-state index in [9.17, 15) is 10.1 Å². The van der Waals surface area contributed by atoms with Crippen LogP contribution in [-0.2, 0) is 17.6 Å². The molecule has 1 aromatic heterocycles. The molecule has 3 nitrogen and oxygen atoms in total. The van der Waals surface area contributed by atoms with E-state index in [0.717, 1.165) is 30.4 Å². The van der Waals surface area contributed by atoms with Gasteiger partial charge in [-0.2, -0.15) is 5.26 Å². The van der Waals surface area contributed by atoms with E-state index in [2.05, 4.69) is 58.1 Å². The summed E-state index contributed by atoms with van der Waals surface area (Å²) in [6, 6.07) is 10.6. The Balaban J connectivity index is 1.72. The summed E-state index contributed by atoms with van der Waals surface area (Å²) in [6.45, 7) is 11.2. The van der Waals surface area contributed by atoms with Crippen LogP contribution in [0.3, 0.4) is 0 Å². The highest BCUT2D eigenvalue weighted by Crippen LogP contribution is 2.43. The number of anilines is 1. The third kappa shape index (κ3) is 4.97. The van der Waals surface area contributed by atoms with Crippen LogP contribution in [0.2, 0.25) is 0 Å². The number of rotatable bonds is 4. The second-order valence-corrected chi connectivity index (χ2v) is 10.4. The first kappa shape index (κ1) is 21.3.